The van der Waals surface area contributed by atoms with Crippen molar-refractivity contribution in [3.05, 3.63) is 29.6 Å². The molecule has 0 amide bonds. The van der Waals surface area contributed by atoms with Crippen molar-refractivity contribution in [2.75, 3.05) is 19.8 Å². The Morgan fingerprint density at radius 2 is 2.50 bits per heavy atom. The van der Waals surface area contributed by atoms with Crippen molar-refractivity contribution in [2.45, 2.75) is 26.1 Å². The fraction of sp³-hybridized carbons (Fsp3) is 0.583. The quantitative estimate of drug-likeness (QED) is 0.818. The second kappa shape index (κ2) is 5.39. The van der Waals surface area contributed by atoms with Crippen molar-refractivity contribution in [1.29, 1.82) is 0 Å². The number of morpholine rings is 1. The second-order valence-corrected chi connectivity index (χ2v) is 4.25. The van der Waals surface area contributed by atoms with Gasteiger partial charge in [-0.05, 0) is 24.6 Å². The van der Waals surface area contributed by atoms with E-state index in [1.54, 1.807) is 0 Å². The van der Waals surface area contributed by atoms with E-state index in [1.165, 1.54) is 5.56 Å². The molecule has 0 aromatic carbocycles. The SMILES string of the molecule is CC1COCCN1Cc1ccnc(CN)c1. The first-order valence-corrected chi connectivity index (χ1v) is 5.75. The first-order valence-electron chi connectivity index (χ1n) is 5.75. The van der Waals surface area contributed by atoms with Crippen LogP contribution in [-0.2, 0) is 17.8 Å². The molecule has 1 fully saturated rings. The van der Waals surface area contributed by atoms with E-state index in [1.807, 2.05) is 6.20 Å². The molecule has 0 aliphatic carbocycles. The maximum absolute atomic E-state index is 5.58. The molecule has 1 aromatic heterocycles. The highest BCUT2D eigenvalue weighted by Gasteiger charge is 2.18. The molecule has 88 valence electrons. The van der Waals surface area contributed by atoms with Crippen molar-refractivity contribution in [3.8, 4) is 0 Å². The molecular weight excluding hydrogens is 202 g/mol. The van der Waals surface area contributed by atoms with E-state index in [9.17, 15) is 0 Å². The molecule has 1 aliphatic heterocycles. The van der Waals surface area contributed by atoms with Crippen molar-refractivity contribution in [3.63, 3.8) is 0 Å². The number of hydrogen-bond acceptors (Lipinski definition) is 4. The van der Waals surface area contributed by atoms with Crippen LogP contribution in [0.5, 0.6) is 0 Å². The van der Waals surface area contributed by atoms with Crippen LogP contribution >= 0.6 is 0 Å². The van der Waals surface area contributed by atoms with Gasteiger partial charge in [-0.1, -0.05) is 0 Å². The number of hydrogen-bond donors (Lipinski definition) is 1. The molecule has 0 saturated carbocycles. The highest BCUT2D eigenvalue weighted by molar-refractivity contribution is 5.16. The van der Waals surface area contributed by atoms with Gasteiger partial charge in [0.15, 0.2) is 0 Å². The van der Waals surface area contributed by atoms with Crippen LogP contribution in [0.4, 0.5) is 0 Å². The number of ether oxygens (including phenoxy) is 1. The van der Waals surface area contributed by atoms with Gasteiger partial charge in [0.1, 0.15) is 0 Å². The zero-order chi connectivity index (χ0) is 11.4. The van der Waals surface area contributed by atoms with Gasteiger partial charge >= 0.3 is 0 Å². The first kappa shape index (κ1) is 11.5. The number of pyridine rings is 1. The minimum absolute atomic E-state index is 0.489. The summed E-state index contributed by atoms with van der Waals surface area (Å²) < 4.78 is 5.42. The Bertz CT molecular complexity index is 343. The van der Waals surface area contributed by atoms with E-state index < -0.39 is 0 Å². The lowest BCUT2D eigenvalue weighted by atomic mass is 10.1. The minimum Gasteiger partial charge on any atom is -0.379 e. The number of nitrogens with zero attached hydrogens (tertiary/aromatic N) is 2. The van der Waals surface area contributed by atoms with Gasteiger partial charge in [0.25, 0.3) is 0 Å². The van der Waals surface area contributed by atoms with Gasteiger partial charge in [0, 0.05) is 31.9 Å². The van der Waals surface area contributed by atoms with E-state index in [2.05, 4.69) is 28.9 Å². The van der Waals surface area contributed by atoms with Crippen molar-refractivity contribution < 1.29 is 4.74 Å². The molecule has 2 rings (SSSR count). The molecule has 16 heavy (non-hydrogen) atoms. The van der Waals surface area contributed by atoms with Crippen LogP contribution < -0.4 is 5.73 Å². The maximum atomic E-state index is 5.58. The van der Waals surface area contributed by atoms with Crippen molar-refractivity contribution >= 4 is 0 Å². The average molecular weight is 221 g/mol. The van der Waals surface area contributed by atoms with Crippen LogP contribution in [0.15, 0.2) is 18.3 Å². The van der Waals surface area contributed by atoms with Crippen molar-refractivity contribution in [2.24, 2.45) is 5.73 Å². The molecule has 2 N–H and O–H groups in total. The van der Waals surface area contributed by atoms with E-state index >= 15 is 0 Å². The second-order valence-electron chi connectivity index (χ2n) is 4.25. The largest absolute Gasteiger partial charge is 0.379 e. The monoisotopic (exact) mass is 221 g/mol. The first-order chi connectivity index (χ1) is 7.79. The fourth-order valence-electron chi connectivity index (χ4n) is 1.97. The molecule has 1 aromatic rings. The van der Waals surface area contributed by atoms with Gasteiger partial charge in [-0.25, -0.2) is 0 Å². The Kier molecular flexibility index (Phi) is 3.88. The Morgan fingerprint density at radius 3 is 3.25 bits per heavy atom. The molecule has 0 spiro atoms. The highest BCUT2D eigenvalue weighted by Crippen LogP contribution is 2.12. The summed E-state index contributed by atoms with van der Waals surface area (Å²) in [5.74, 6) is 0. The summed E-state index contributed by atoms with van der Waals surface area (Å²) in [5, 5.41) is 0. The highest BCUT2D eigenvalue weighted by atomic mass is 16.5. The van der Waals surface area contributed by atoms with Crippen LogP contribution in [0, 0.1) is 0 Å². The average Bonchev–Trinajstić information content (AvgIpc) is 2.32. The van der Waals surface area contributed by atoms with E-state index in [0.717, 1.165) is 32.0 Å². The molecular formula is C12H19N3O. The third kappa shape index (κ3) is 2.78. The molecule has 0 bridgehead atoms. The van der Waals surface area contributed by atoms with Gasteiger partial charge in [0.05, 0.1) is 18.9 Å². The van der Waals surface area contributed by atoms with Crippen LogP contribution in [0.2, 0.25) is 0 Å². The number of nitrogens with two attached hydrogens (primary N) is 1. The molecule has 2 heterocycles. The molecule has 1 saturated heterocycles. The minimum atomic E-state index is 0.489. The summed E-state index contributed by atoms with van der Waals surface area (Å²) in [6.07, 6.45) is 1.84. The molecule has 0 radical (unpaired) electrons. The van der Waals surface area contributed by atoms with E-state index in [-0.39, 0.29) is 0 Å². The third-order valence-electron chi connectivity index (χ3n) is 2.98. The van der Waals surface area contributed by atoms with Crippen LogP contribution in [0.25, 0.3) is 0 Å². The van der Waals surface area contributed by atoms with E-state index in [0.29, 0.717) is 12.6 Å². The topological polar surface area (TPSA) is 51.4 Å². The Hall–Kier alpha value is -0.970. The smallest absolute Gasteiger partial charge is 0.0619 e. The molecule has 4 heteroatoms. The molecule has 1 atom stereocenters. The predicted molar refractivity (Wildman–Crippen MR) is 62.8 cm³/mol. The summed E-state index contributed by atoms with van der Waals surface area (Å²) >= 11 is 0. The van der Waals surface area contributed by atoms with Gasteiger partial charge < -0.3 is 10.5 Å². The summed E-state index contributed by atoms with van der Waals surface area (Å²) in [5.41, 5.74) is 7.82. The molecule has 4 nitrogen and oxygen atoms in total. The fourth-order valence-corrected chi connectivity index (χ4v) is 1.97. The zero-order valence-corrected chi connectivity index (χ0v) is 9.72. The Labute approximate surface area is 96.4 Å². The zero-order valence-electron chi connectivity index (χ0n) is 9.72. The van der Waals surface area contributed by atoms with Gasteiger partial charge in [-0.2, -0.15) is 0 Å². The lowest BCUT2D eigenvalue weighted by Gasteiger charge is -2.33. The predicted octanol–water partition coefficient (Wildman–Crippen LogP) is 0.761. The summed E-state index contributed by atoms with van der Waals surface area (Å²) in [6.45, 7) is 6.33. The van der Waals surface area contributed by atoms with Gasteiger partial charge in [-0.3, -0.25) is 9.88 Å². The van der Waals surface area contributed by atoms with E-state index in [4.69, 9.17) is 10.5 Å². The van der Waals surface area contributed by atoms with Gasteiger partial charge in [0.2, 0.25) is 0 Å². The standard InChI is InChI=1S/C12H19N3O/c1-10-9-16-5-4-15(10)8-11-2-3-14-12(6-11)7-13/h2-3,6,10H,4-5,7-9,13H2,1H3. The normalized spacial score (nSPS) is 22.2. The summed E-state index contributed by atoms with van der Waals surface area (Å²) in [4.78, 5) is 6.63. The summed E-state index contributed by atoms with van der Waals surface area (Å²) in [7, 11) is 0. The molecule has 1 unspecified atom stereocenters. The van der Waals surface area contributed by atoms with Gasteiger partial charge in [-0.15, -0.1) is 0 Å². The number of rotatable bonds is 3. The Balaban J connectivity index is 2.01. The van der Waals surface area contributed by atoms with Crippen LogP contribution in [0.1, 0.15) is 18.2 Å². The Morgan fingerprint density at radius 1 is 1.62 bits per heavy atom. The van der Waals surface area contributed by atoms with Crippen LogP contribution in [-0.4, -0.2) is 35.7 Å². The lowest BCUT2D eigenvalue weighted by Crippen LogP contribution is -2.42. The maximum Gasteiger partial charge on any atom is 0.0619 e. The number of aromatic nitrogens is 1. The third-order valence-corrected chi connectivity index (χ3v) is 2.98. The van der Waals surface area contributed by atoms with Crippen molar-refractivity contribution in [1.82, 2.24) is 9.88 Å². The summed E-state index contributed by atoms with van der Waals surface area (Å²) in [6, 6.07) is 4.63. The lowest BCUT2D eigenvalue weighted by molar-refractivity contribution is -0.00438. The van der Waals surface area contributed by atoms with Crippen LogP contribution in [0.3, 0.4) is 0 Å². The molecule has 1 aliphatic rings.